The van der Waals surface area contributed by atoms with Gasteiger partial charge >= 0.3 is 5.97 Å². The first kappa shape index (κ1) is 34.8. The zero-order chi connectivity index (χ0) is 29.0. The molecular formula is C25H43N3O10S. The van der Waals surface area contributed by atoms with Crippen molar-refractivity contribution in [2.45, 2.75) is 45.6 Å². The molecule has 1 aliphatic rings. The van der Waals surface area contributed by atoms with Gasteiger partial charge in [-0.2, -0.15) is 12.6 Å². The summed E-state index contributed by atoms with van der Waals surface area (Å²) in [5.41, 5.74) is 0. The minimum absolute atomic E-state index is 0.0581. The van der Waals surface area contributed by atoms with Gasteiger partial charge in [0.15, 0.2) is 0 Å². The van der Waals surface area contributed by atoms with Gasteiger partial charge in [0.1, 0.15) is 6.04 Å². The molecule has 1 saturated heterocycles. The van der Waals surface area contributed by atoms with Crippen LogP contribution in [0.2, 0.25) is 0 Å². The Morgan fingerprint density at radius 3 is 2.00 bits per heavy atom. The third-order valence-electron chi connectivity index (χ3n) is 5.86. The molecule has 2 unspecified atom stereocenters. The minimum Gasteiger partial charge on any atom is -0.480 e. The van der Waals surface area contributed by atoms with Crippen LogP contribution in [-0.4, -0.2) is 117 Å². The predicted octanol–water partition coefficient (Wildman–Crippen LogP) is -0.130. The van der Waals surface area contributed by atoms with Crippen LogP contribution in [0.4, 0.5) is 0 Å². The maximum atomic E-state index is 12.2. The standard InChI is InChI=1S/C25H43N3O10S/c1-18(2)19-17-23(31)28(24(19)32)7-3-21(29)26-6-9-36-11-13-38-15-14-37-12-10-35-8-4-22(30)27-20(5-16-39)25(33)34/h18-20,39H,3-17H2,1-2H3,(H,26,29)(H,27,30)(H,33,34). The lowest BCUT2D eigenvalue weighted by atomic mass is 9.94. The van der Waals surface area contributed by atoms with Crippen LogP contribution < -0.4 is 10.6 Å². The Labute approximate surface area is 235 Å². The van der Waals surface area contributed by atoms with E-state index in [0.717, 1.165) is 0 Å². The smallest absolute Gasteiger partial charge is 0.326 e. The van der Waals surface area contributed by atoms with Crippen LogP contribution in [0.25, 0.3) is 0 Å². The van der Waals surface area contributed by atoms with E-state index in [2.05, 4.69) is 23.3 Å². The quantitative estimate of drug-likeness (QED) is 0.0729. The number of carboxylic acid groups (broad SMARTS) is 1. The molecule has 14 heteroatoms. The van der Waals surface area contributed by atoms with Crippen LogP contribution in [-0.2, 0) is 42.9 Å². The predicted molar refractivity (Wildman–Crippen MR) is 143 cm³/mol. The number of amides is 4. The molecule has 13 nitrogen and oxygen atoms in total. The lowest BCUT2D eigenvalue weighted by Crippen LogP contribution is -2.41. The SMILES string of the molecule is CC(C)C1CC(=O)N(CCC(=O)NCCOCCOCCOCCOCCC(=O)NC(CCS)C(=O)O)C1=O. The van der Waals surface area contributed by atoms with Crippen molar-refractivity contribution in [3.8, 4) is 0 Å². The number of likely N-dealkylation sites (tertiary alicyclic amines) is 1. The molecule has 4 amide bonds. The lowest BCUT2D eigenvalue weighted by Gasteiger charge is -2.16. The molecule has 0 aromatic heterocycles. The molecule has 1 rings (SSSR count). The molecule has 1 fully saturated rings. The highest BCUT2D eigenvalue weighted by atomic mass is 32.1. The van der Waals surface area contributed by atoms with Crippen LogP contribution in [0.5, 0.6) is 0 Å². The second kappa shape index (κ2) is 20.6. The fourth-order valence-corrected chi connectivity index (χ4v) is 3.87. The van der Waals surface area contributed by atoms with E-state index in [1.165, 1.54) is 4.90 Å². The number of rotatable bonds is 23. The summed E-state index contributed by atoms with van der Waals surface area (Å²) in [5.74, 6) is -1.98. The average Bonchev–Trinajstić information content (AvgIpc) is 3.17. The number of hydrogen-bond acceptors (Lipinski definition) is 10. The number of nitrogens with zero attached hydrogens (tertiary/aromatic N) is 1. The second-order valence-electron chi connectivity index (χ2n) is 9.21. The summed E-state index contributed by atoms with van der Waals surface area (Å²) in [6.45, 7) is 6.78. The second-order valence-corrected chi connectivity index (χ2v) is 9.66. The highest BCUT2D eigenvalue weighted by Crippen LogP contribution is 2.26. The molecular weight excluding hydrogens is 534 g/mol. The molecule has 2 atom stereocenters. The minimum atomic E-state index is -1.09. The van der Waals surface area contributed by atoms with E-state index in [4.69, 9.17) is 24.1 Å². The molecule has 0 bridgehead atoms. The fraction of sp³-hybridized carbons (Fsp3) is 0.800. The Kier molecular flexibility index (Phi) is 18.4. The van der Waals surface area contributed by atoms with Crippen molar-refractivity contribution in [1.29, 1.82) is 0 Å². The summed E-state index contributed by atoms with van der Waals surface area (Å²) in [6.07, 6.45) is 0.587. The Morgan fingerprint density at radius 2 is 1.49 bits per heavy atom. The Hall–Kier alpha value is -2.26. The first-order chi connectivity index (χ1) is 18.7. The maximum Gasteiger partial charge on any atom is 0.326 e. The molecule has 0 aromatic carbocycles. The van der Waals surface area contributed by atoms with Crippen molar-refractivity contribution >= 4 is 42.2 Å². The van der Waals surface area contributed by atoms with Crippen molar-refractivity contribution in [3.63, 3.8) is 0 Å². The topological polar surface area (TPSA) is 170 Å². The molecule has 0 radical (unpaired) electrons. The lowest BCUT2D eigenvalue weighted by molar-refractivity contribution is -0.142. The van der Waals surface area contributed by atoms with Crippen molar-refractivity contribution in [1.82, 2.24) is 15.5 Å². The van der Waals surface area contributed by atoms with Gasteiger partial charge < -0.3 is 34.7 Å². The van der Waals surface area contributed by atoms with Gasteiger partial charge in [-0.05, 0) is 18.1 Å². The molecule has 224 valence electrons. The first-order valence-electron chi connectivity index (χ1n) is 13.2. The van der Waals surface area contributed by atoms with Crippen molar-refractivity contribution in [2.75, 3.05) is 71.7 Å². The van der Waals surface area contributed by atoms with Gasteiger partial charge in [-0.15, -0.1) is 0 Å². The van der Waals surface area contributed by atoms with Gasteiger partial charge in [-0.3, -0.25) is 24.1 Å². The summed E-state index contributed by atoms with van der Waals surface area (Å²) in [4.78, 5) is 60.1. The Balaban J connectivity index is 1.89. The molecule has 1 heterocycles. The normalized spacial score (nSPS) is 16.1. The van der Waals surface area contributed by atoms with Gasteiger partial charge in [0.25, 0.3) is 0 Å². The van der Waals surface area contributed by atoms with Crippen LogP contribution >= 0.6 is 12.6 Å². The van der Waals surface area contributed by atoms with Crippen molar-refractivity contribution < 1.29 is 48.0 Å². The van der Waals surface area contributed by atoms with E-state index in [-0.39, 0.29) is 68.4 Å². The van der Waals surface area contributed by atoms with Crippen LogP contribution in [0.1, 0.15) is 39.5 Å². The molecule has 0 aliphatic carbocycles. The highest BCUT2D eigenvalue weighted by molar-refractivity contribution is 7.80. The number of carbonyl (C=O) groups excluding carboxylic acids is 4. The van der Waals surface area contributed by atoms with E-state index in [9.17, 15) is 24.0 Å². The summed E-state index contributed by atoms with van der Waals surface area (Å²) in [5, 5.41) is 14.1. The highest BCUT2D eigenvalue weighted by Gasteiger charge is 2.39. The molecule has 1 aliphatic heterocycles. The number of imide groups is 1. The number of carboxylic acids is 1. The first-order valence-corrected chi connectivity index (χ1v) is 13.9. The van der Waals surface area contributed by atoms with Crippen molar-refractivity contribution in [2.24, 2.45) is 11.8 Å². The Morgan fingerprint density at radius 1 is 0.923 bits per heavy atom. The number of thiol groups is 1. The number of aliphatic carboxylic acids is 1. The Bertz CT molecular complexity index is 783. The van der Waals surface area contributed by atoms with E-state index in [1.54, 1.807) is 0 Å². The zero-order valence-electron chi connectivity index (χ0n) is 22.9. The summed E-state index contributed by atoms with van der Waals surface area (Å²) < 4.78 is 21.4. The zero-order valence-corrected chi connectivity index (χ0v) is 23.7. The third-order valence-corrected chi connectivity index (χ3v) is 6.11. The number of ether oxygens (including phenoxy) is 4. The third kappa shape index (κ3) is 15.2. The maximum absolute atomic E-state index is 12.2. The van der Waals surface area contributed by atoms with Crippen molar-refractivity contribution in [3.05, 3.63) is 0 Å². The summed E-state index contributed by atoms with van der Waals surface area (Å²) in [7, 11) is 0. The molecule has 0 spiro atoms. The van der Waals surface area contributed by atoms with Crippen LogP contribution in [0.3, 0.4) is 0 Å². The van der Waals surface area contributed by atoms with Crippen LogP contribution in [0.15, 0.2) is 0 Å². The largest absolute Gasteiger partial charge is 0.480 e. The monoisotopic (exact) mass is 577 g/mol. The van der Waals surface area contributed by atoms with Gasteiger partial charge in [0.05, 0.1) is 52.9 Å². The molecule has 0 saturated carbocycles. The number of carbonyl (C=O) groups is 5. The van der Waals surface area contributed by atoms with Gasteiger partial charge in [0, 0.05) is 38.3 Å². The fourth-order valence-electron chi connectivity index (χ4n) is 3.61. The molecule has 3 N–H and O–H groups in total. The molecule has 39 heavy (non-hydrogen) atoms. The summed E-state index contributed by atoms with van der Waals surface area (Å²) in [6, 6.07) is -0.944. The average molecular weight is 578 g/mol. The molecule has 0 aromatic rings. The van der Waals surface area contributed by atoms with E-state index < -0.39 is 17.9 Å². The summed E-state index contributed by atoms with van der Waals surface area (Å²) >= 11 is 3.97. The number of nitrogens with one attached hydrogen (secondary N) is 2. The van der Waals surface area contributed by atoms with Gasteiger partial charge in [-0.1, -0.05) is 13.8 Å². The van der Waals surface area contributed by atoms with Crippen LogP contribution in [0, 0.1) is 11.8 Å². The van der Waals surface area contributed by atoms with E-state index in [0.29, 0.717) is 58.5 Å². The van der Waals surface area contributed by atoms with E-state index >= 15 is 0 Å². The number of hydrogen-bond donors (Lipinski definition) is 4. The van der Waals surface area contributed by atoms with Gasteiger partial charge in [-0.25, -0.2) is 4.79 Å². The van der Waals surface area contributed by atoms with Gasteiger partial charge in [0.2, 0.25) is 23.6 Å². The van der Waals surface area contributed by atoms with E-state index in [1.807, 2.05) is 13.8 Å².